The lowest BCUT2D eigenvalue weighted by atomic mass is 9.97. The van der Waals surface area contributed by atoms with E-state index in [9.17, 15) is 9.90 Å². The van der Waals surface area contributed by atoms with Gasteiger partial charge in [-0.2, -0.15) is 0 Å². The Labute approximate surface area is 232 Å². The van der Waals surface area contributed by atoms with Gasteiger partial charge in [0, 0.05) is 82.3 Å². The first kappa shape index (κ1) is 25.7. The van der Waals surface area contributed by atoms with Crippen LogP contribution in [0.15, 0.2) is 42.6 Å². The number of anilines is 3. The second-order valence-corrected chi connectivity index (χ2v) is 10.8. The number of amides is 2. The molecule has 0 unspecified atom stereocenters. The van der Waals surface area contributed by atoms with Gasteiger partial charge in [0.2, 0.25) is 0 Å². The van der Waals surface area contributed by atoms with Gasteiger partial charge in [0.15, 0.2) is 5.82 Å². The fraction of sp³-hybridized carbons (Fsp3) is 0.379. The second kappa shape index (κ2) is 10.5. The van der Waals surface area contributed by atoms with Crippen LogP contribution in [-0.2, 0) is 0 Å². The van der Waals surface area contributed by atoms with Gasteiger partial charge in [-0.1, -0.05) is 17.7 Å². The Balaban J connectivity index is 1.39. The van der Waals surface area contributed by atoms with Crippen LogP contribution in [0.5, 0.6) is 5.75 Å². The molecule has 3 aliphatic heterocycles. The molecule has 3 aliphatic rings. The van der Waals surface area contributed by atoms with Crippen LogP contribution in [0.3, 0.4) is 0 Å². The maximum Gasteiger partial charge on any atom is 0.324 e. The number of nitrogens with one attached hydrogen (secondary N) is 1. The van der Waals surface area contributed by atoms with Crippen LogP contribution < -0.4 is 20.0 Å². The van der Waals surface area contributed by atoms with Crippen LogP contribution in [0.25, 0.3) is 22.3 Å². The molecule has 0 bridgehead atoms. The average Bonchev–Trinajstić information content (AvgIpc) is 3.60. The van der Waals surface area contributed by atoms with Crippen molar-refractivity contribution in [3.05, 3.63) is 53.4 Å². The van der Waals surface area contributed by atoms with Gasteiger partial charge in [-0.05, 0) is 48.7 Å². The predicted molar refractivity (Wildman–Crippen MR) is 154 cm³/mol. The topological polar surface area (TPSA) is 75.2 Å². The van der Waals surface area contributed by atoms with E-state index in [2.05, 4.69) is 15.1 Å². The fourth-order valence-electron chi connectivity index (χ4n) is 5.71. The highest BCUT2D eigenvalue weighted by molar-refractivity contribution is 6.34. The molecule has 2 aromatic carbocycles. The minimum Gasteiger partial charge on any atom is -0.507 e. The van der Waals surface area contributed by atoms with Gasteiger partial charge < -0.3 is 25.1 Å². The molecular weight excluding hydrogens is 519 g/mol. The molecule has 0 aliphatic carbocycles. The number of urea groups is 1. The third-order valence-electron chi connectivity index (χ3n) is 7.86. The van der Waals surface area contributed by atoms with Crippen molar-refractivity contribution < 1.29 is 14.3 Å². The van der Waals surface area contributed by atoms with Crippen molar-refractivity contribution in [2.45, 2.75) is 12.8 Å². The summed E-state index contributed by atoms with van der Waals surface area (Å²) in [5.74, 6) is 0.430. The van der Waals surface area contributed by atoms with Gasteiger partial charge in [0.1, 0.15) is 11.6 Å². The normalized spacial score (nSPS) is 18.0. The number of phenolic OH excluding ortho intramolecular Hbond substituents is 1. The first-order valence-corrected chi connectivity index (χ1v) is 13.8. The summed E-state index contributed by atoms with van der Waals surface area (Å²) in [6, 6.07) is 9.73. The Morgan fingerprint density at radius 1 is 0.897 bits per heavy atom. The quantitative estimate of drug-likeness (QED) is 0.475. The molecule has 3 aromatic rings. The SMILES string of the molecule is CN1CCN(c2ccc(-c3cc(F)cc(-c4cnc(N5CCCC5)c(N5CCNCC5)c4)c3O)cc2Cl)C1=O. The van der Waals surface area contributed by atoms with Crippen molar-refractivity contribution in [1.29, 1.82) is 0 Å². The average molecular weight is 551 g/mol. The van der Waals surface area contributed by atoms with Gasteiger partial charge >= 0.3 is 6.03 Å². The van der Waals surface area contributed by atoms with Gasteiger partial charge in [-0.15, -0.1) is 0 Å². The number of nitrogens with zero attached hydrogens (tertiary/aromatic N) is 5. The van der Waals surface area contributed by atoms with Crippen molar-refractivity contribution >= 4 is 34.8 Å². The first-order chi connectivity index (χ1) is 18.9. The number of benzene rings is 2. The number of pyridine rings is 1. The monoisotopic (exact) mass is 550 g/mol. The standard InChI is InChI=1S/C29H32ClFN6O2/c1-34-12-13-37(29(34)39)25-5-4-19(14-24(25)30)22-16-21(31)17-23(27(22)38)20-15-26(35-10-6-32-7-11-35)28(33-18-20)36-8-2-3-9-36/h4-5,14-18,32,38H,2-3,6-13H2,1H3. The summed E-state index contributed by atoms with van der Waals surface area (Å²) in [5.41, 5.74) is 3.51. The van der Waals surface area contributed by atoms with Crippen LogP contribution in [0.1, 0.15) is 12.8 Å². The van der Waals surface area contributed by atoms with Gasteiger partial charge in [0.25, 0.3) is 0 Å². The van der Waals surface area contributed by atoms with Crippen LogP contribution in [0.4, 0.5) is 26.4 Å². The van der Waals surface area contributed by atoms with Gasteiger partial charge in [-0.3, -0.25) is 4.90 Å². The highest BCUT2D eigenvalue weighted by Gasteiger charge is 2.29. The zero-order valence-electron chi connectivity index (χ0n) is 22.0. The number of aromatic hydroxyl groups is 1. The Morgan fingerprint density at radius 2 is 1.62 bits per heavy atom. The number of likely N-dealkylation sites (N-methyl/N-ethyl adjacent to an activating group) is 1. The third-order valence-corrected chi connectivity index (χ3v) is 8.16. The van der Waals surface area contributed by atoms with Crippen molar-refractivity contribution in [3.63, 3.8) is 0 Å². The molecule has 3 fully saturated rings. The van der Waals surface area contributed by atoms with Crippen molar-refractivity contribution in [1.82, 2.24) is 15.2 Å². The van der Waals surface area contributed by atoms with Crippen LogP contribution in [0, 0.1) is 5.82 Å². The summed E-state index contributed by atoms with van der Waals surface area (Å²) >= 11 is 6.59. The zero-order valence-corrected chi connectivity index (χ0v) is 22.7. The Kier molecular flexibility index (Phi) is 6.95. The molecular formula is C29H32ClFN6O2. The van der Waals surface area contributed by atoms with E-state index >= 15 is 4.39 Å². The minimum absolute atomic E-state index is 0.0424. The summed E-state index contributed by atoms with van der Waals surface area (Å²) < 4.78 is 15.0. The molecule has 6 rings (SSSR count). The summed E-state index contributed by atoms with van der Waals surface area (Å²) in [5, 5.41) is 15.2. The van der Waals surface area contributed by atoms with E-state index in [1.165, 1.54) is 12.1 Å². The molecule has 204 valence electrons. The molecule has 0 spiro atoms. The number of piperazine rings is 1. The number of hydrogen-bond donors (Lipinski definition) is 2. The summed E-state index contributed by atoms with van der Waals surface area (Å²) in [4.78, 5) is 25.2. The summed E-state index contributed by atoms with van der Waals surface area (Å²) in [6.45, 7) is 6.57. The molecule has 8 nitrogen and oxygen atoms in total. The zero-order chi connectivity index (χ0) is 27.1. The van der Waals surface area contributed by atoms with E-state index in [0.717, 1.165) is 63.6 Å². The van der Waals surface area contributed by atoms with E-state index in [4.69, 9.17) is 16.6 Å². The highest BCUT2D eigenvalue weighted by Crippen LogP contribution is 2.43. The number of carbonyl (C=O) groups excluding carboxylic acids is 1. The van der Waals surface area contributed by atoms with E-state index in [-0.39, 0.29) is 11.8 Å². The molecule has 4 heterocycles. The smallest absolute Gasteiger partial charge is 0.324 e. The van der Waals surface area contributed by atoms with Crippen LogP contribution in [0.2, 0.25) is 5.02 Å². The van der Waals surface area contributed by atoms with E-state index in [0.29, 0.717) is 46.1 Å². The molecule has 0 atom stereocenters. The lowest BCUT2D eigenvalue weighted by Crippen LogP contribution is -2.44. The fourth-order valence-corrected chi connectivity index (χ4v) is 5.99. The third kappa shape index (κ3) is 4.85. The summed E-state index contributed by atoms with van der Waals surface area (Å²) in [7, 11) is 1.75. The number of phenols is 1. The van der Waals surface area contributed by atoms with Crippen molar-refractivity contribution in [2.24, 2.45) is 0 Å². The van der Waals surface area contributed by atoms with Gasteiger partial charge in [0.05, 0.1) is 16.4 Å². The number of aromatic nitrogens is 1. The molecule has 3 saturated heterocycles. The molecule has 39 heavy (non-hydrogen) atoms. The molecule has 2 amide bonds. The van der Waals surface area contributed by atoms with E-state index in [1.54, 1.807) is 41.2 Å². The first-order valence-electron chi connectivity index (χ1n) is 13.5. The van der Waals surface area contributed by atoms with Crippen LogP contribution in [-0.4, -0.2) is 80.4 Å². The van der Waals surface area contributed by atoms with E-state index in [1.807, 2.05) is 6.07 Å². The molecule has 2 N–H and O–H groups in total. The number of hydrogen-bond acceptors (Lipinski definition) is 6. The minimum atomic E-state index is -0.471. The Hall–Kier alpha value is -3.56. The van der Waals surface area contributed by atoms with Crippen molar-refractivity contribution in [2.75, 3.05) is 74.1 Å². The molecule has 1 aromatic heterocycles. The lowest BCUT2D eigenvalue weighted by Gasteiger charge is -2.33. The molecule has 0 radical (unpaired) electrons. The maximum absolute atomic E-state index is 15.0. The maximum atomic E-state index is 15.0. The highest BCUT2D eigenvalue weighted by atomic mass is 35.5. The van der Waals surface area contributed by atoms with Crippen LogP contribution >= 0.6 is 11.6 Å². The molecule has 0 saturated carbocycles. The number of rotatable bonds is 5. The predicted octanol–water partition coefficient (Wildman–Crippen LogP) is 4.80. The largest absolute Gasteiger partial charge is 0.507 e. The molecule has 10 heteroatoms. The summed E-state index contributed by atoms with van der Waals surface area (Å²) in [6.07, 6.45) is 4.01. The number of carbonyl (C=O) groups is 1. The Morgan fingerprint density at radius 3 is 2.28 bits per heavy atom. The second-order valence-electron chi connectivity index (χ2n) is 10.4. The Bertz CT molecular complexity index is 1410. The van der Waals surface area contributed by atoms with Gasteiger partial charge in [-0.25, -0.2) is 14.2 Å². The number of halogens is 2. The lowest BCUT2D eigenvalue weighted by molar-refractivity contribution is 0.229. The van der Waals surface area contributed by atoms with E-state index < -0.39 is 5.82 Å². The van der Waals surface area contributed by atoms with Crippen molar-refractivity contribution in [3.8, 4) is 28.0 Å².